The minimum atomic E-state index is -1.94. The fraction of sp³-hybridized carbons (Fsp3) is 0.333. The zero-order valence-electron chi connectivity index (χ0n) is 9.26. The van der Waals surface area contributed by atoms with Crippen molar-refractivity contribution < 1.29 is 28.9 Å². The summed E-state index contributed by atoms with van der Waals surface area (Å²) in [5.41, 5.74) is 0. The largest absolute Gasteiger partial charge is 0.707 e. The van der Waals surface area contributed by atoms with E-state index >= 15 is 0 Å². The van der Waals surface area contributed by atoms with Crippen LogP contribution in [0.15, 0.2) is 12.1 Å². The number of methoxy groups -OCH3 is 3. The second kappa shape index (κ2) is 5.48. The normalized spacial score (nSPS) is 9.56. The summed E-state index contributed by atoms with van der Waals surface area (Å²) in [5.74, 6) is 1.20. The summed E-state index contributed by atoms with van der Waals surface area (Å²) in [5, 5.41) is 17.5. The average Bonchev–Trinajstić information content (AvgIpc) is 2.27. The third kappa shape index (κ3) is 2.71. The average molecular weight is 228 g/mol. The van der Waals surface area contributed by atoms with E-state index in [0.717, 1.165) is 0 Å². The zero-order valence-corrected chi connectivity index (χ0v) is 9.26. The molecule has 0 heterocycles. The lowest BCUT2D eigenvalue weighted by Crippen LogP contribution is -2.21. The van der Waals surface area contributed by atoms with Crippen LogP contribution in [-0.4, -0.2) is 38.7 Å². The Morgan fingerprint density at radius 2 is 1.56 bits per heavy atom. The first-order chi connectivity index (χ1) is 7.62. The van der Waals surface area contributed by atoms with Crippen LogP contribution in [0.5, 0.6) is 23.0 Å². The van der Waals surface area contributed by atoms with Crippen LogP contribution in [0.4, 0.5) is 0 Å². The van der Waals surface area contributed by atoms with Crippen LogP contribution >= 0.6 is 0 Å². The highest BCUT2D eigenvalue weighted by Crippen LogP contribution is 2.40. The maximum atomic E-state index is 8.75. The molecule has 1 rings (SSSR count). The van der Waals surface area contributed by atoms with E-state index in [9.17, 15) is 0 Å². The highest BCUT2D eigenvalue weighted by Gasteiger charge is 2.19. The first kappa shape index (κ1) is 12.5. The Balaban J connectivity index is 3.19. The third-order valence-electron chi connectivity index (χ3n) is 1.89. The van der Waals surface area contributed by atoms with Gasteiger partial charge in [-0.05, 0) is 0 Å². The van der Waals surface area contributed by atoms with Gasteiger partial charge in [-0.3, -0.25) is 0 Å². The number of rotatable bonds is 5. The van der Waals surface area contributed by atoms with Gasteiger partial charge in [0.15, 0.2) is 11.5 Å². The van der Waals surface area contributed by atoms with Crippen molar-refractivity contribution in [3.63, 3.8) is 0 Å². The number of hydrogen-bond donors (Lipinski definition) is 2. The lowest BCUT2D eigenvalue weighted by Gasteiger charge is -2.14. The van der Waals surface area contributed by atoms with Gasteiger partial charge >= 0.3 is 7.32 Å². The Morgan fingerprint density at radius 3 is 2.00 bits per heavy atom. The topological polar surface area (TPSA) is 77.4 Å². The minimum absolute atomic E-state index is 0.119. The van der Waals surface area contributed by atoms with E-state index in [1.54, 1.807) is 6.07 Å². The number of benzene rings is 1. The lowest BCUT2D eigenvalue weighted by atomic mass is 10.2. The summed E-state index contributed by atoms with van der Waals surface area (Å²) in [6.07, 6.45) is 0. The molecule has 0 atom stereocenters. The second-order valence-electron chi connectivity index (χ2n) is 2.81. The van der Waals surface area contributed by atoms with Crippen molar-refractivity contribution >= 4 is 7.32 Å². The lowest BCUT2D eigenvalue weighted by molar-refractivity contribution is 0.274. The van der Waals surface area contributed by atoms with Crippen LogP contribution in [0, 0.1) is 0 Å². The van der Waals surface area contributed by atoms with Gasteiger partial charge in [0.05, 0.1) is 21.3 Å². The van der Waals surface area contributed by atoms with Crippen LogP contribution in [-0.2, 0) is 0 Å². The van der Waals surface area contributed by atoms with Crippen molar-refractivity contribution in [1.82, 2.24) is 0 Å². The van der Waals surface area contributed by atoms with Crippen LogP contribution in [0.2, 0.25) is 0 Å². The second-order valence-corrected chi connectivity index (χ2v) is 2.81. The van der Waals surface area contributed by atoms with Crippen molar-refractivity contribution in [3.05, 3.63) is 12.1 Å². The van der Waals surface area contributed by atoms with Gasteiger partial charge < -0.3 is 28.9 Å². The van der Waals surface area contributed by atoms with Crippen molar-refractivity contribution in [1.29, 1.82) is 0 Å². The first-order valence-electron chi connectivity index (χ1n) is 4.45. The van der Waals surface area contributed by atoms with E-state index in [4.69, 9.17) is 28.9 Å². The van der Waals surface area contributed by atoms with E-state index in [1.807, 2.05) is 0 Å². The maximum Gasteiger partial charge on any atom is 0.707 e. The van der Waals surface area contributed by atoms with Gasteiger partial charge in [-0.25, -0.2) is 0 Å². The molecule has 0 spiro atoms. The molecule has 0 aliphatic carbocycles. The fourth-order valence-corrected chi connectivity index (χ4v) is 1.22. The fourth-order valence-electron chi connectivity index (χ4n) is 1.22. The Bertz CT molecular complexity index is 354. The Labute approximate surface area is 93.5 Å². The van der Waals surface area contributed by atoms with Gasteiger partial charge in [-0.15, -0.1) is 0 Å². The van der Waals surface area contributed by atoms with Crippen molar-refractivity contribution in [2.75, 3.05) is 21.3 Å². The highest BCUT2D eigenvalue weighted by molar-refractivity contribution is 6.33. The Hall–Kier alpha value is -1.60. The molecule has 88 valence electrons. The van der Waals surface area contributed by atoms with E-state index in [-0.39, 0.29) is 11.5 Å². The molecule has 0 amide bonds. The molecule has 0 aliphatic heterocycles. The van der Waals surface area contributed by atoms with Crippen molar-refractivity contribution in [2.24, 2.45) is 0 Å². The predicted octanol–water partition coefficient (Wildman–Crippen LogP) is 0.0607. The molecule has 0 aliphatic rings. The SMILES string of the molecule is COc1cc(OC)c(OC)c(OB(O)O)c1. The highest BCUT2D eigenvalue weighted by atomic mass is 16.6. The molecule has 1 aromatic rings. The smallest absolute Gasteiger partial charge is 0.509 e. The van der Waals surface area contributed by atoms with Crippen LogP contribution in [0.1, 0.15) is 0 Å². The summed E-state index contributed by atoms with van der Waals surface area (Å²) in [7, 11) is 2.41. The van der Waals surface area contributed by atoms with Gasteiger partial charge in [0.2, 0.25) is 5.75 Å². The van der Waals surface area contributed by atoms with E-state index in [1.165, 1.54) is 27.4 Å². The molecule has 0 fully saturated rings. The monoisotopic (exact) mass is 228 g/mol. The molecule has 0 radical (unpaired) electrons. The zero-order chi connectivity index (χ0) is 12.1. The predicted molar refractivity (Wildman–Crippen MR) is 56.9 cm³/mol. The minimum Gasteiger partial charge on any atom is -0.509 e. The molecule has 0 saturated heterocycles. The first-order valence-corrected chi connectivity index (χ1v) is 4.45. The van der Waals surface area contributed by atoms with Gasteiger partial charge in [0.25, 0.3) is 0 Å². The molecule has 16 heavy (non-hydrogen) atoms. The molecule has 0 bridgehead atoms. The molecule has 1 aromatic carbocycles. The number of ether oxygens (including phenoxy) is 3. The van der Waals surface area contributed by atoms with Gasteiger partial charge in [-0.2, -0.15) is 0 Å². The molecule has 6 nitrogen and oxygen atoms in total. The number of hydrogen-bond acceptors (Lipinski definition) is 6. The summed E-state index contributed by atoms with van der Waals surface area (Å²) in [6, 6.07) is 3.05. The Morgan fingerprint density at radius 1 is 0.938 bits per heavy atom. The van der Waals surface area contributed by atoms with Gasteiger partial charge in [-0.1, -0.05) is 0 Å². The molecular weight excluding hydrogens is 215 g/mol. The third-order valence-corrected chi connectivity index (χ3v) is 1.89. The van der Waals surface area contributed by atoms with E-state index in [0.29, 0.717) is 11.5 Å². The standard InChI is InChI=1S/C9H13BO6/c1-13-6-4-7(14-2)9(15-3)8(5-6)16-10(11)12/h4-5,11-12H,1-3H3. The Kier molecular flexibility index (Phi) is 4.27. The molecule has 2 N–H and O–H groups in total. The molecular formula is C9H13BO6. The molecule has 7 heteroatoms. The summed E-state index contributed by atoms with van der Waals surface area (Å²) in [6.45, 7) is 0. The van der Waals surface area contributed by atoms with E-state index in [2.05, 4.69) is 0 Å². The van der Waals surface area contributed by atoms with Crippen LogP contribution in [0.25, 0.3) is 0 Å². The van der Waals surface area contributed by atoms with Gasteiger partial charge in [0, 0.05) is 12.1 Å². The molecule has 0 saturated carbocycles. The molecule has 0 unspecified atom stereocenters. The quantitative estimate of drug-likeness (QED) is 0.694. The summed E-state index contributed by atoms with van der Waals surface area (Å²) < 4.78 is 19.8. The summed E-state index contributed by atoms with van der Waals surface area (Å²) in [4.78, 5) is 0. The molecule has 0 aromatic heterocycles. The summed E-state index contributed by atoms with van der Waals surface area (Å²) >= 11 is 0. The van der Waals surface area contributed by atoms with Crippen molar-refractivity contribution in [2.45, 2.75) is 0 Å². The van der Waals surface area contributed by atoms with Gasteiger partial charge in [0.1, 0.15) is 5.75 Å². The van der Waals surface area contributed by atoms with E-state index < -0.39 is 7.32 Å². The van der Waals surface area contributed by atoms with Crippen molar-refractivity contribution in [3.8, 4) is 23.0 Å². The van der Waals surface area contributed by atoms with Crippen LogP contribution < -0.4 is 18.9 Å². The maximum absolute atomic E-state index is 8.75. The van der Waals surface area contributed by atoms with Crippen LogP contribution in [0.3, 0.4) is 0 Å².